The van der Waals surface area contributed by atoms with Crippen LogP contribution in [0.2, 0.25) is 0 Å². The van der Waals surface area contributed by atoms with E-state index in [2.05, 4.69) is 17.3 Å². The Morgan fingerprint density at radius 1 is 1.38 bits per heavy atom. The van der Waals surface area contributed by atoms with Crippen LogP contribution < -0.4 is 5.32 Å². The first-order valence-electron chi connectivity index (χ1n) is 7.65. The Hall–Kier alpha value is -1.85. The molecule has 0 aromatic carbocycles. The third-order valence-electron chi connectivity index (χ3n) is 3.87. The average molecular weight is 292 g/mol. The first-order chi connectivity index (χ1) is 10.0. The Morgan fingerprint density at radius 3 is 2.76 bits per heavy atom. The first kappa shape index (κ1) is 15.5. The van der Waals surface area contributed by atoms with Crippen LogP contribution in [0, 0.1) is 0 Å². The summed E-state index contributed by atoms with van der Waals surface area (Å²) >= 11 is 0. The van der Waals surface area contributed by atoms with E-state index in [1.54, 1.807) is 4.90 Å². The highest BCUT2D eigenvalue weighted by Crippen LogP contribution is 2.13. The van der Waals surface area contributed by atoms with Gasteiger partial charge in [0.15, 0.2) is 0 Å². The minimum atomic E-state index is -0.385. The highest BCUT2D eigenvalue weighted by atomic mass is 16.2. The van der Waals surface area contributed by atoms with Crippen molar-refractivity contribution in [3.63, 3.8) is 0 Å². The van der Waals surface area contributed by atoms with E-state index in [-0.39, 0.29) is 17.9 Å². The molecule has 0 aliphatic carbocycles. The SMILES string of the molecule is CCCC1NC(=O)CCN(Cc2cc(CC)nn2C)C1=O. The number of hydrogen-bond acceptors (Lipinski definition) is 3. The molecule has 1 aliphatic rings. The summed E-state index contributed by atoms with van der Waals surface area (Å²) in [6, 6.07) is 1.64. The fourth-order valence-electron chi connectivity index (χ4n) is 2.62. The molecular weight excluding hydrogens is 268 g/mol. The van der Waals surface area contributed by atoms with Gasteiger partial charge in [-0.2, -0.15) is 5.10 Å². The number of aromatic nitrogens is 2. The van der Waals surface area contributed by atoms with E-state index in [1.165, 1.54) is 0 Å². The van der Waals surface area contributed by atoms with E-state index < -0.39 is 0 Å². The zero-order valence-corrected chi connectivity index (χ0v) is 13.1. The van der Waals surface area contributed by atoms with Crippen LogP contribution in [0.4, 0.5) is 0 Å². The van der Waals surface area contributed by atoms with E-state index >= 15 is 0 Å². The predicted octanol–water partition coefficient (Wildman–Crippen LogP) is 1.000. The molecule has 1 saturated heterocycles. The first-order valence-corrected chi connectivity index (χ1v) is 7.65. The van der Waals surface area contributed by atoms with Gasteiger partial charge < -0.3 is 10.2 Å². The van der Waals surface area contributed by atoms with Crippen LogP contribution in [0.1, 0.15) is 44.5 Å². The Morgan fingerprint density at radius 2 is 2.14 bits per heavy atom. The molecule has 2 rings (SSSR count). The summed E-state index contributed by atoms with van der Waals surface area (Å²) < 4.78 is 1.82. The molecule has 2 amide bonds. The lowest BCUT2D eigenvalue weighted by Crippen LogP contribution is -2.44. The van der Waals surface area contributed by atoms with Gasteiger partial charge in [0, 0.05) is 20.0 Å². The third kappa shape index (κ3) is 3.62. The Bertz CT molecular complexity index is 524. The van der Waals surface area contributed by atoms with Gasteiger partial charge in [-0.15, -0.1) is 0 Å². The Kier molecular flexibility index (Phi) is 4.98. The van der Waals surface area contributed by atoms with Gasteiger partial charge in [0.25, 0.3) is 0 Å². The maximum Gasteiger partial charge on any atom is 0.245 e. The summed E-state index contributed by atoms with van der Waals surface area (Å²) in [5, 5.41) is 7.23. The Labute approximate surface area is 125 Å². The van der Waals surface area contributed by atoms with Crippen molar-refractivity contribution >= 4 is 11.8 Å². The van der Waals surface area contributed by atoms with Crippen molar-refractivity contribution < 1.29 is 9.59 Å². The number of aryl methyl sites for hydroxylation is 2. The van der Waals surface area contributed by atoms with Crippen molar-refractivity contribution in [2.45, 2.75) is 52.1 Å². The lowest BCUT2D eigenvalue weighted by Gasteiger charge is -2.23. The minimum Gasteiger partial charge on any atom is -0.344 e. The van der Waals surface area contributed by atoms with E-state index in [1.807, 2.05) is 24.7 Å². The average Bonchev–Trinajstić information content (AvgIpc) is 2.76. The summed E-state index contributed by atoms with van der Waals surface area (Å²) in [5.41, 5.74) is 2.03. The van der Waals surface area contributed by atoms with Crippen molar-refractivity contribution in [2.75, 3.05) is 6.54 Å². The van der Waals surface area contributed by atoms with Crippen molar-refractivity contribution in [1.29, 1.82) is 0 Å². The van der Waals surface area contributed by atoms with Crippen molar-refractivity contribution in [2.24, 2.45) is 7.05 Å². The Balaban J connectivity index is 2.14. The molecule has 21 heavy (non-hydrogen) atoms. The number of nitrogens with one attached hydrogen (secondary N) is 1. The normalized spacial score (nSPS) is 19.6. The van der Waals surface area contributed by atoms with Crippen molar-refractivity contribution in [3.8, 4) is 0 Å². The molecule has 0 saturated carbocycles. The molecule has 1 atom stereocenters. The predicted molar refractivity (Wildman–Crippen MR) is 79.5 cm³/mol. The van der Waals surface area contributed by atoms with Crippen LogP contribution in [0.5, 0.6) is 0 Å². The van der Waals surface area contributed by atoms with Crippen molar-refractivity contribution in [3.05, 3.63) is 17.5 Å². The lowest BCUT2D eigenvalue weighted by atomic mass is 10.1. The van der Waals surface area contributed by atoms with E-state index in [4.69, 9.17) is 0 Å². The molecule has 116 valence electrons. The van der Waals surface area contributed by atoms with Crippen LogP contribution in [-0.4, -0.2) is 39.1 Å². The number of rotatable bonds is 5. The maximum atomic E-state index is 12.6. The molecule has 1 unspecified atom stereocenters. The third-order valence-corrected chi connectivity index (χ3v) is 3.87. The minimum absolute atomic E-state index is 0.0157. The van der Waals surface area contributed by atoms with Crippen LogP contribution in [0.25, 0.3) is 0 Å². The van der Waals surface area contributed by atoms with E-state index in [0.29, 0.717) is 25.9 Å². The van der Waals surface area contributed by atoms with E-state index in [9.17, 15) is 9.59 Å². The topological polar surface area (TPSA) is 67.2 Å². The molecule has 0 bridgehead atoms. The molecule has 6 nitrogen and oxygen atoms in total. The second-order valence-electron chi connectivity index (χ2n) is 5.52. The second-order valence-corrected chi connectivity index (χ2v) is 5.52. The molecule has 1 N–H and O–H groups in total. The molecule has 0 spiro atoms. The fraction of sp³-hybridized carbons (Fsp3) is 0.667. The summed E-state index contributed by atoms with van der Waals surface area (Å²) in [5.74, 6) is -0.0227. The zero-order valence-electron chi connectivity index (χ0n) is 13.1. The van der Waals surface area contributed by atoms with Gasteiger partial charge >= 0.3 is 0 Å². The van der Waals surface area contributed by atoms with Gasteiger partial charge in [-0.25, -0.2) is 0 Å². The molecule has 1 aromatic heterocycles. The lowest BCUT2D eigenvalue weighted by molar-refractivity contribution is -0.134. The van der Waals surface area contributed by atoms with Crippen LogP contribution in [-0.2, 0) is 29.6 Å². The highest BCUT2D eigenvalue weighted by Gasteiger charge is 2.29. The molecule has 2 heterocycles. The number of amides is 2. The molecule has 1 fully saturated rings. The number of nitrogens with zero attached hydrogens (tertiary/aromatic N) is 3. The van der Waals surface area contributed by atoms with Gasteiger partial charge in [0.05, 0.1) is 17.9 Å². The quantitative estimate of drug-likeness (QED) is 0.880. The van der Waals surface area contributed by atoms with Crippen LogP contribution >= 0.6 is 0 Å². The maximum absolute atomic E-state index is 12.6. The summed E-state index contributed by atoms with van der Waals surface area (Å²) in [6.45, 7) is 5.06. The number of carbonyl (C=O) groups is 2. The number of carbonyl (C=O) groups excluding carboxylic acids is 2. The number of hydrogen-bond donors (Lipinski definition) is 1. The molecule has 1 aromatic rings. The summed E-state index contributed by atoms with van der Waals surface area (Å²) in [4.78, 5) is 26.0. The smallest absolute Gasteiger partial charge is 0.245 e. The molecule has 0 radical (unpaired) electrons. The summed E-state index contributed by atoms with van der Waals surface area (Å²) in [6.07, 6.45) is 2.80. The molecule has 1 aliphatic heterocycles. The molecular formula is C15H24N4O2. The largest absolute Gasteiger partial charge is 0.344 e. The molecule has 6 heteroatoms. The second kappa shape index (κ2) is 6.74. The van der Waals surface area contributed by atoms with Crippen molar-refractivity contribution in [1.82, 2.24) is 20.0 Å². The van der Waals surface area contributed by atoms with Gasteiger partial charge in [0.2, 0.25) is 11.8 Å². The van der Waals surface area contributed by atoms with Crippen LogP contribution in [0.3, 0.4) is 0 Å². The summed E-state index contributed by atoms with van der Waals surface area (Å²) in [7, 11) is 1.89. The van der Waals surface area contributed by atoms with Gasteiger partial charge in [0.1, 0.15) is 6.04 Å². The van der Waals surface area contributed by atoms with Gasteiger partial charge in [-0.1, -0.05) is 20.3 Å². The fourth-order valence-corrected chi connectivity index (χ4v) is 2.62. The van der Waals surface area contributed by atoms with Gasteiger partial charge in [-0.3, -0.25) is 14.3 Å². The zero-order chi connectivity index (χ0) is 15.4. The standard InChI is InChI=1S/C15H24N4O2/c1-4-6-13-15(21)19(8-7-14(20)16-13)10-12-9-11(5-2)17-18(12)3/h9,13H,4-8,10H2,1-3H3,(H,16,20). The van der Waals surface area contributed by atoms with Gasteiger partial charge in [-0.05, 0) is 18.9 Å². The monoisotopic (exact) mass is 292 g/mol. The highest BCUT2D eigenvalue weighted by molar-refractivity contribution is 5.89. The van der Waals surface area contributed by atoms with E-state index in [0.717, 1.165) is 24.2 Å². The van der Waals surface area contributed by atoms with Crippen LogP contribution in [0.15, 0.2) is 6.07 Å².